The minimum absolute atomic E-state index is 0.0393. The summed E-state index contributed by atoms with van der Waals surface area (Å²) in [6.07, 6.45) is 3.63. The number of aryl methyl sites for hydroxylation is 1. The second-order valence-corrected chi connectivity index (χ2v) is 6.04. The van der Waals surface area contributed by atoms with E-state index in [-0.39, 0.29) is 17.3 Å². The van der Waals surface area contributed by atoms with Crippen molar-refractivity contribution in [2.24, 2.45) is 7.05 Å². The number of amides is 1. The fourth-order valence-electron chi connectivity index (χ4n) is 1.44. The van der Waals surface area contributed by atoms with Crippen LogP contribution in [0.4, 0.5) is 0 Å². The van der Waals surface area contributed by atoms with Gasteiger partial charge in [-0.2, -0.15) is 5.10 Å². The lowest BCUT2D eigenvalue weighted by Crippen LogP contribution is -2.39. The molecule has 20 heavy (non-hydrogen) atoms. The Morgan fingerprint density at radius 3 is 2.70 bits per heavy atom. The van der Waals surface area contributed by atoms with Crippen molar-refractivity contribution in [2.75, 3.05) is 26.2 Å². The molecule has 114 valence electrons. The van der Waals surface area contributed by atoms with Crippen LogP contribution >= 0.6 is 0 Å². The van der Waals surface area contributed by atoms with Crippen molar-refractivity contribution in [1.29, 1.82) is 0 Å². The Morgan fingerprint density at radius 2 is 2.10 bits per heavy atom. The van der Waals surface area contributed by atoms with Crippen LogP contribution < -0.4 is 15.4 Å². The van der Waals surface area contributed by atoms with Gasteiger partial charge >= 0.3 is 0 Å². The smallest absolute Gasteiger partial charge is 0.244 e. The highest BCUT2D eigenvalue weighted by molar-refractivity contribution is 7.89. The lowest BCUT2D eigenvalue weighted by Gasteiger charge is -2.07. The first-order valence-corrected chi connectivity index (χ1v) is 7.89. The van der Waals surface area contributed by atoms with Crippen molar-refractivity contribution in [1.82, 2.24) is 25.1 Å². The molecule has 0 aliphatic heterocycles. The molecule has 0 spiro atoms. The van der Waals surface area contributed by atoms with Gasteiger partial charge in [-0.15, -0.1) is 0 Å². The summed E-state index contributed by atoms with van der Waals surface area (Å²) < 4.78 is 27.2. The summed E-state index contributed by atoms with van der Waals surface area (Å²) in [5.74, 6) is -0.365. The summed E-state index contributed by atoms with van der Waals surface area (Å²) in [6, 6.07) is 0. The van der Waals surface area contributed by atoms with Gasteiger partial charge in [-0.05, 0) is 13.0 Å². The van der Waals surface area contributed by atoms with E-state index in [9.17, 15) is 13.2 Å². The maximum Gasteiger partial charge on any atom is 0.244 e. The zero-order valence-corrected chi connectivity index (χ0v) is 12.5. The molecule has 1 amide bonds. The van der Waals surface area contributed by atoms with E-state index in [1.165, 1.54) is 17.1 Å². The number of aromatic nitrogens is 2. The van der Waals surface area contributed by atoms with Gasteiger partial charge in [0.1, 0.15) is 4.90 Å². The third-order valence-electron chi connectivity index (χ3n) is 2.46. The van der Waals surface area contributed by atoms with Crippen LogP contribution in [0, 0.1) is 0 Å². The quantitative estimate of drug-likeness (QED) is 0.498. The molecular weight excluding hydrogens is 282 g/mol. The second-order valence-electron chi connectivity index (χ2n) is 4.27. The second kappa shape index (κ2) is 7.98. The van der Waals surface area contributed by atoms with E-state index in [1.807, 2.05) is 0 Å². The van der Waals surface area contributed by atoms with Gasteiger partial charge in [-0.1, -0.05) is 6.92 Å². The maximum atomic E-state index is 11.8. The molecule has 1 rings (SSSR count). The van der Waals surface area contributed by atoms with Crippen LogP contribution in [0.1, 0.15) is 13.3 Å². The molecule has 0 aliphatic rings. The van der Waals surface area contributed by atoms with E-state index in [1.54, 1.807) is 7.05 Å². The molecule has 0 atom stereocenters. The first kappa shape index (κ1) is 16.6. The Balaban J connectivity index is 2.30. The number of carbonyl (C=O) groups is 1. The van der Waals surface area contributed by atoms with Crippen molar-refractivity contribution < 1.29 is 13.2 Å². The molecule has 1 aromatic heterocycles. The lowest BCUT2D eigenvalue weighted by molar-refractivity contribution is -0.119. The minimum atomic E-state index is -3.68. The predicted molar refractivity (Wildman–Crippen MR) is 74.6 cm³/mol. The highest BCUT2D eigenvalue weighted by atomic mass is 32.2. The standard InChI is InChI=1S/C11H21N5O3S/c1-3-4-12-5-6-13-11(17)8-15-20(18,19)10-7-14-16(2)9-10/h7,9,12,15H,3-6,8H2,1-2H3,(H,13,17). The lowest BCUT2D eigenvalue weighted by atomic mass is 10.4. The van der Waals surface area contributed by atoms with Crippen LogP contribution in [0.2, 0.25) is 0 Å². The summed E-state index contributed by atoms with van der Waals surface area (Å²) in [5, 5.41) is 9.53. The largest absolute Gasteiger partial charge is 0.354 e. The highest BCUT2D eigenvalue weighted by Gasteiger charge is 2.16. The first-order valence-electron chi connectivity index (χ1n) is 6.41. The van der Waals surface area contributed by atoms with Crippen LogP contribution in [-0.4, -0.2) is 50.3 Å². The van der Waals surface area contributed by atoms with E-state index in [4.69, 9.17) is 0 Å². The Morgan fingerprint density at radius 1 is 1.35 bits per heavy atom. The van der Waals surface area contributed by atoms with Gasteiger partial charge < -0.3 is 10.6 Å². The van der Waals surface area contributed by atoms with Gasteiger partial charge in [0.2, 0.25) is 15.9 Å². The first-order chi connectivity index (χ1) is 9.45. The molecule has 0 aromatic carbocycles. The Bertz CT molecular complexity index is 526. The van der Waals surface area contributed by atoms with Crippen LogP contribution in [0.3, 0.4) is 0 Å². The van der Waals surface area contributed by atoms with E-state index in [0.29, 0.717) is 13.1 Å². The summed E-state index contributed by atoms with van der Waals surface area (Å²) in [4.78, 5) is 11.5. The van der Waals surface area contributed by atoms with Crippen LogP contribution in [0.25, 0.3) is 0 Å². The van der Waals surface area contributed by atoms with Crippen LogP contribution in [-0.2, 0) is 21.9 Å². The summed E-state index contributed by atoms with van der Waals surface area (Å²) in [6.45, 7) is 3.79. The summed E-state index contributed by atoms with van der Waals surface area (Å²) >= 11 is 0. The topological polar surface area (TPSA) is 105 Å². The zero-order valence-electron chi connectivity index (χ0n) is 11.7. The van der Waals surface area contributed by atoms with Crippen molar-refractivity contribution in [3.05, 3.63) is 12.4 Å². The van der Waals surface area contributed by atoms with Gasteiger partial charge in [0.05, 0.1) is 12.7 Å². The molecule has 1 heterocycles. The molecule has 0 saturated carbocycles. The third kappa shape index (κ3) is 5.68. The van der Waals surface area contributed by atoms with Gasteiger partial charge in [0, 0.05) is 26.3 Å². The number of sulfonamides is 1. The van der Waals surface area contributed by atoms with E-state index in [0.717, 1.165) is 13.0 Å². The molecular formula is C11H21N5O3S. The zero-order chi connectivity index (χ0) is 15.0. The maximum absolute atomic E-state index is 11.8. The molecule has 9 heteroatoms. The van der Waals surface area contributed by atoms with E-state index < -0.39 is 10.0 Å². The minimum Gasteiger partial charge on any atom is -0.354 e. The van der Waals surface area contributed by atoms with Gasteiger partial charge in [-0.25, -0.2) is 13.1 Å². The normalized spacial score (nSPS) is 11.5. The average Bonchev–Trinajstić information content (AvgIpc) is 2.84. The van der Waals surface area contributed by atoms with Gasteiger partial charge in [-0.3, -0.25) is 9.48 Å². The highest BCUT2D eigenvalue weighted by Crippen LogP contribution is 2.04. The van der Waals surface area contributed by atoms with Crippen molar-refractivity contribution >= 4 is 15.9 Å². The van der Waals surface area contributed by atoms with Crippen LogP contribution in [0.5, 0.6) is 0 Å². The molecule has 0 bridgehead atoms. The number of hydrogen-bond donors (Lipinski definition) is 3. The Kier molecular flexibility index (Phi) is 6.62. The number of nitrogens with one attached hydrogen (secondary N) is 3. The number of carbonyl (C=O) groups excluding carboxylic acids is 1. The molecule has 0 fully saturated rings. The van der Waals surface area contributed by atoms with Gasteiger partial charge in [0.25, 0.3) is 0 Å². The molecule has 0 aliphatic carbocycles. The SMILES string of the molecule is CCCNCCNC(=O)CNS(=O)(=O)c1cnn(C)c1. The van der Waals surface area contributed by atoms with E-state index in [2.05, 4.69) is 27.4 Å². The molecule has 0 unspecified atom stereocenters. The Labute approximate surface area is 119 Å². The summed E-state index contributed by atoms with van der Waals surface area (Å²) in [7, 11) is -2.06. The molecule has 3 N–H and O–H groups in total. The molecule has 0 saturated heterocycles. The molecule has 1 aromatic rings. The van der Waals surface area contributed by atoms with Crippen molar-refractivity contribution in [3.63, 3.8) is 0 Å². The van der Waals surface area contributed by atoms with E-state index >= 15 is 0 Å². The number of rotatable bonds is 9. The fraction of sp³-hybridized carbons (Fsp3) is 0.636. The molecule has 0 radical (unpaired) electrons. The fourth-order valence-corrected chi connectivity index (χ4v) is 2.40. The molecule has 8 nitrogen and oxygen atoms in total. The third-order valence-corrected chi connectivity index (χ3v) is 3.82. The average molecular weight is 303 g/mol. The Hall–Kier alpha value is -1.45. The van der Waals surface area contributed by atoms with Crippen LogP contribution in [0.15, 0.2) is 17.3 Å². The summed E-state index contributed by atoms with van der Waals surface area (Å²) in [5.41, 5.74) is 0. The van der Waals surface area contributed by atoms with Crippen molar-refractivity contribution in [2.45, 2.75) is 18.2 Å². The number of nitrogens with zero attached hydrogens (tertiary/aromatic N) is 2. The monoisotopic (exact) mass is 303 g/mol. The van der Waals surface area contributed by atoms with Gasteiger partial charge in [0.15, 0.2) is 0 Å². The van der Waals surface area contributed by atoms with Crippen molar-refractivity contribution in [3.8, 4) is 0 Å². The number of hydrogen-bond acceptors (Lipinski definition) is 5. The predicted octanol–water partition coefficient (Wildman–Crippen LogP) is -1.19.